The summed E-state index contributed by atoms with van der Waals surface area (Å²) in [5, 5.41) is 11.9. The highest BCUT2D eigenvalue weighted by Gasteiger charge is 2.25. The molecule has 0 bridgehead atoms. The molecule has 1 aromatic rings. The molecule has 2 atom stereocenters. The van der Waals surface area contributed by atoms with Crippen molar-refractivity contribution in [2.45, 2.75) is 32.7 Å². The van der Waals surface area contributed by atoms with Gasteiger partial charge in [0.1, 0.15) is 6.04 Å². The molecule has 0 fully saturated rings. The van der Waals surface area contributed by atoms with Gasteiger partial charge in [-0.3, -0.25) is 4.79 Å². The van der Waals surface area contributed by atoms with Crippen LogP contribution < -0.4 is 5.32 Å². The van der Waals surface area contributed by atoms with Gasteiger partial charge in [0.05, 0.1) is 0 Å². The summed E-state index contributed by atoms with van der Waals surface area (Å²) in [7, 11) is 0. The summed E-state index contributed by atoms with van der Waals surface area (Å²) in [4.78, 5) is 23.5. The lowest BCUT2D eigenvalue weighted by atomic mass is 9.97. The SMILES string of the molecule is CC(C)C[C@@H](CS)C(=O)N[C@@H](Cc1ccccc1)C(=O)O. The Morgan fingerprint density at radius 2 is 1.86 bits per heavy atom. The van der Waals surface area contributed by atoms with Gasteiger partial charge in [-0.15, -0.1) is 0 Å². The van der Waals surface area contributed by atoms with Crippen LogP contribution in [0.5, 0.6) is 0 Å². The molecule has 116 valence electrons. The maximum Gasteiger partial charge on any atom is 0.326 e. The number of carbonyl (C=O) groups excluding carboxylic acids is 1. The third-order valence-electron chi connectivity index (χ3n) is 3.24. The lowest BCUT2D eigenvalue weighted by molar-refractivity contribution is -0.142. The Balaban J connectivity index is 2.69. The topological polar surface area (TPSA) is 66.4 Å². The van der Waals surface area contributed by atoms with Gasteiger partial charge in [0, 0.05) is 18.1 Å². The molecule has 5 heteroatoms. The highest BCUT2D eigenvalue weighted by molar-refractivity contribution is 7.80. The predicted molar refractivity (Wildman–Crippen MR) is 86.5 cm³/mol. The third kappa shape index (κ3) is 6.21. The average molecular weight is 309 g/mol. The fourth-order valence-electron chi connectivity index (χ4n) is 2.17. The summed E-state index contributed by atoms with van der Waals surface area (Å²) >= 11 is 4.19. The first-order valence-electron chi connectivity index (χ1n) is 7.12. The van der Waals surface area contributed by atoms with Gasteiger partial charge in [-0.1, -0.05) is 44.2 Å². The maximum absolute atomic E-state index is 12.2. The summed E-state index contributed by atoms with van der Waals surface area (Å²) in [6.07, 6.45) is 0.982. The van der Waals surface area contributed by atoms with E-state index < -0.39 is 12.0 Å². The second kappa shape index (κ2) is 8.72. The van der Waals surface area contributed by atoms with Gasteiger partial charge in [0.15, 0.2) is 0 Å². The number of rotatable bonds is 8. The molecule has 0 aliphatic rings. The van der Waals surface area contributed by atoms with Crippen LogP contribution >= 0.6 is 12.6 Å². The predicted octanol–water partition coefficient (Wildman–Crippen LogP) is 2.39. The number of carboxylic acid groups (broad SMARTS) is 1. The van der Waals surface area contributed by atoms with E-state index in [1.54, 1.807) is 0 Å². The monoisotopic (exact) mass is 309 g/mol. The molecule has 2 N–H and O–H groups in total. The molecule has 4 nitrogen and oxygen atoms in total. The van der Waals surface area contributed by atoms with Crippen LogP contribution in [0.4, 0.5) is 0 Å². The van der Waals surface area contributed by atoms with Crippen molar-refractivity contribution in [3.8, 4) is 0 Å². The quantitative estimate of drug-likeness (QED) is 0.646. The third-order valence-corrected chi connectivity index (χ3v) is 3.69. The van der Waals surface area contributed by atoms with Gasteiger partial charge in [0.25, 0.3) is 0 Å². The van der Waals surface area contributed by atoms with E-state index in [2.05, 4.69) is 17.9 Å². The van der Waals surface area contributed by atoms with Crippen LogP contribution in [0.3, 0.4) is 0 Å². The van der Waals surface area contributed by atoms with E-state index in [0.717, 1.165) is 5.56 Å². The minimum Gasteiger partial charge on any atom is -0.480 e. The standard InChI is InChI=1S/C16H23NO3S/c1-11(2)8-13(10-21)15(18)17-14(16(19)20)9-12-6-4-3-5-7-12/h3-7,11,13-14,21H,8-10H2,1-2H3,(H,17,18)(H,19,20)/t13-,14-/m0/s1. The minimum absolute atomic E-state index is 0.234. The molecule has 0 heterocycles. The number of thiol groups is 1. The van der Waals surface area contributed by atoms with Gasteiger partial charge < -0.3 is 10.4 Å². The second-order valence-corrected chi connectivity index (χ2v) is 5.96. The minimum atomic E-state index is -1.02. The molecular weight excluding hydrogens is 286 g/mol. The van der Waals surface area contributed by atoms with Crippen LogP contribution in [0.2, 0.25) is 0 Å². The number of carboxylic acids is 1. The molecule has 0 spiro atoms. The van der Waals surface area contributed by atoms with E-state index in [4.69, 9.17) is 0 Å². The van der Waals surface area contributed by atoms with Crippen molar-refractivity contribution in [2.24, 2.45) is 11.8 Å². The number of nitrogens with one attached hydrogen (secondary N) is 1. The van der Waals surface area contributed by atoms with Crippen LogP contribution in [-0.2, 0) is 16.0 Å². The van der Waals surface area contributed by atoms with E-state index >= 15 is 0 Å². The number of carbonyl (C=O) groups is 2. The van der Waals surface area contributed by atoms with Crippen LogP contribution in [0.25, 0.3) is 0 Å². The van der Waals surface area contributed by atoms with E-state index in [1.165, 1.54) is 0 Å². The fourth-order valence-corrected chi connectivity index (χ4v) is 2.49. The van der Waals surface area contributed by atoms with Crippen LogP contribution in [0.1, 0.15) is 25.8 Å². The highest BCUT2D eigenvalue weighted by Crippen LogP contribution is 2.14. The highest BCUT2D eigenvalue weighted by atomic mass is 32.1. The fraction of sp³-hybridized carbons (Fsp3) is 0.500. The number of hydrogen-bond donors (Lipinski definition) is 3. The number of hydrogen-bond acceptors (Lipinski definition) is 3. The first-order valence-corrected chi connectivity index (χ1v) is 7.75. The Bertz CT molecular complexity index is 462. The Kier molecular flexibility index (Phi) is 7.29. The van der Waals surface area contributed by atoms with Crippen molar-refractivity contribution in [1.29, 1.82) is 0 Å². The molecular formula is C16H23NO3S. The lowest BCUT2D eigenvalue weighted by Gasteiger charge is -2.20. The maximum atomic E-state index is 12.2. The molecule has 21 heavy (non-hydrogen) atoms. The van der Waals surface area contributed by atoms with Gasteiger partial charge in [-0.2, -0.15) is 12.6 Å². The summed E-state index contributed by atoms with van der Waals surface area (Å²) in [5.41, 5.74) is 0.886. The van der Waals surface area contributed by atoms with Crippen LogP contribution in [0, 0.1) is 11.8 Å². The Morgan fingerprint density at radius 1 is 1.24 bits per heavy atom. The second-order valence-electron chi connectivity index (χ2n) is 5.60. The normalized spacial score (nSPS) is 13.7. The molecule has 0 aliphatic carbocycles. The van der Waals surface area contributed by atoms with Gasteiger partial charge in [0.2, 0.25) is 5.91 Å². The van der Waals surface area contributed by atoms with Gasteiger partial charge in [-0.25, -0.2) is 4.79 Å². The van der Waals surface area contributed by atoms with E-state index in [1.807, 2.05) is 44.2 Å². The number of benzene rings is 1. The van der Waals surface area contributed by atoms with Gasteiger partial charge >= 0.3 is 5.97 Å². The number of amides is 1. The van der Waals surface area contributed by atoms with Crippen molar-refractivity contribution in [3.63, 3.8) is 0 Å². The molecule has 0 radical (unpaired) electrons. The number of aliphatic carboxylic acids is 1. The first-order chi connectivity index (χ1) is 9.93. The van der Waals surface area contributed by atoms with E-state index in [0.29, 0.717) is 18.1 Å². The van der Waals surface area contributed by atoms with Gasteiger partial charge in [-0.05, 0) is 17.9 Å². The van der Waals surface area contributed by atoms with Crippen molar-refractivity contribution in [2.75, 3.05) is 5.75 Å². The Hall–Kier alpha value is -1.49. The van der Waals surface area contributed by atoms with E-state index in [-0.39, 0.29) is 18.2 Å². The van der Waals surface area contributed by atoms with Crippen molar-refractivity contribution in [1.82, 2.24) is 5.32 Å². The van der Waals surface area contributed by atoms with Crippen LogP contribution in [0.15, 0.2) is 30.3 Å². The Labute approximate surface area is 131 Å². The summed E-state index contributed by atoms with van der Waals surface area (Å²) < 4.78 is 0. The molecule has 1 amide bonds. The molecule has 0 saturated heterocycles. The molecule has 0 aromatic heterocycles. The largest absolute Gasteiger partial charge is 0.480 e. The molecule has 0 aliphatic heterocycles. The summed E-state index contributed by atoms with van der Waals surface area (Å²) in [5.74, 6) is -0.727. The van der Waals surface area contributed by atoms with Crippen molar-refractivity contribution in [3.05, 3.63) is 35.9 Å². The Morgan fingerprint density at radius 3 is 2.33 bits per heavy atom. The average Bonchev–Trinajstić information content (AvgIpc) is 2.44. The summed E-state index contributed by atoms with van der Waals surface area (Å²) in [6.45, 7) is 4.06. The zero-order valence-electron chi connectivity index (χ0n) is 12.5. The molecule has 0 saturated carbocycles. The molecule has 0 unspecified atom stereocenters. The smallest absolute Gasteiger partial charge is 0.326 e. The zero-order valence-corrected chi connectivity index (χ0v) is 13.3. The van der Waals surface area contributed by atoms with E-state index in [9.17, 15) is 14.7 Å². The molecule has 1 rings (SSSR count). The lowest BCUT2D eigenvalue weighted by Crippen LogP contribution is -2.45. The van der Waals surface area contributed by atoms with Crippen molar-refractivity contribution < 1.29 is 14.7 Å². The summed E-state index contributed by atoms with van der Waals surface area (Å²) in [6, 6.07) is 8.38. The first kappa shape index (κ1) is 17.6. The van der Waals surface area contributed by atoms with Crippen molar-refractivity contribution >= 4 is 24.5 Å². The van der Waals surface area contributed by atoms with Crippen LogP contribution in [-0.4, -0.2) is 28.8 Å². The zero-order chi connectivity index (χ0) is 15.8. The molecule has 1 aromatic carbocycles.